The van der Waals surface area contributed by atoms with E-state index in [-0.39, 0.29) is 0 Å². The Kier molecular flexibility index (Phi) is 5.43. The first kappa shape index (κ1) is 21.3. The van der Waals surface area contributed by atoms with Gasteiger partial charge in [-0.1, -0.05) is 53.2 Å². The van der Waals surface area contributed by atoms with E-state index in [4.69, 9.17) is 0 Å². The summed E-state index contributed by atoms with van der Waals surface area (Å²) < 4.78 is 43.7. The van der Waals surface area contributed by atoms with E-state index < -0.39 is 30.0 Å². The molecule has 30 heavy (non-hydrogen) atoms. The van der Waals surface area contributed by atoms with E-state index in [1.165, 1.54) is 6.20 Å². The predicted molar refractivity (Wildman–Crippen MR) is 116 cm³/mol. The zero-order chi connectivity index (χ0) is 21.6. The van der Waals surface area contributed by atoms with Crippen molar-refractivity contribution < 1.29 is 18.3 Å². The zero-order valence-electron chi connectivity index (χ0n) is 16.6. The van der Waals surface area contributed by atoms with E-state index in [0.717, 1.165) is 28.4 Å². The van der Waals surface area contributed by atoms with E-state index in [1.54, 1.807) is 30.3 Å². The topological polar surface area (TPSA) is 33.1 Å². The first-order valence-corrected chi connectivity index (χ1v) is 10.8. The van der Waals surface area contributed by atoms with Crippen LogP contribution in [0.2, 0.25) is 0 Å². The number of hydrogen-bond donors (Lipinski definition) is 1. The minimum Gasteiger partial charge on any atom is -0.380 e. The lowest BCUT2D eigenvalue weighted by molar-refractivity contribution is -0.267. The zero-order valence-corrected chi connectivity index (χ0v) is 18.2. The molecule has 0 bridgehead atoms. The maximum absolute atomic E-state index is 14.3. The number of halogens is 4. The highest BCUT2D eigenvalue weighted by atomic mass is 79.9. The van der Waals surface area contributed by atoms with E-state index in [1.807, 2.05) is 25.1 Å². The van der Waals surface area contributed by atoms with Crippen molar-refractivity contribution >= 4 is 26.8 Å². The van der Waals surface area contributed by atoms with Crippen LogP contribution in [0.4, 0.5) is 13.2 Å². The SMILES string of the molecule is CC1(CC(O)(Cc2ccnc3ccccc23)C(F)(F)F)CCCc2cccc(Br)c21. The first-order valence-electron chi connectivity index (χ1n) is 10.0. The molecule has 1 N–H and O–H groups in total. The summed E-state index contributed by atoms with van der Waals surface area (Å²) in [5, 5.41) is 11.8. The van der Waals surface area contributed by atoms with Crippen LogP contribution in [0.3, 0.4) is 0 Å². The predicted octanol–water partition coefficient (Wildman–Crippen LogP) is 6.52. The van der Waals surface area contributed by atoms with Gasteiger partial charge in [-0.2, -0.15) is 13.2 Å². The van der Waals surface area contributed by atoms with Crippen molar-refractivity contribution in [2.24, 2.45) is 0 Å². The second-order valence-corrected chi connectivity index (χ2v) is 9.41. The summed E-state index contributed by atoms with van der Waals surface area (Å²) in [7, 11) is 0. The number of para-hydroxylation sites is 1. The van der Waals surface area contributed by atoms with Crippen LogP contribution in [0.15, 0.2) is 59.2 Å². The van der Waals surface area contributed by atoms with E-state index in [0.29, 0.717) is 22.9 Å². The molecule has 4 rings (SSSR count). The number of pyridine rings is 1. The van der Waals surface area contributed by atoms with Gasteiger partial charge in [-0.25, -0.2) is 0 Å². The van der Waals surface area contributed by atoms with Crippen LogP contribution in [0.5, 0.6) is 0 Å². The lowest BCUT2D eigenvalue weighted by Crippen LogP contribution is -2.52. The van der Waals surface area contributed by atoms with E-state index in [2.05, 4.69) is 20.9 Å². The number of fused-ring (bicyclic) bond motifs is 2. The Bertz CT molecular complexity index is 1080. The fourth-order valence-electron chi connectivity index (χ4n) is 4.96. The van der Waals surface area contributed by atoms with Crippen molar-refractivity contribution in [3.05, 3.63) is 75.9 Å². The Morgan fingerprint density at radius 2 is 1.87 bits per heavy atom. The third kappa shape index (κ3) is 3.76. The summed E-state index contributed by atoms with van der Waals surface area (Å²) in [5.41, 5.74) is -0.629. The molecule has 2 unspecified atom stereocenters. The highest BCUT2D eigenvalue weighted by Gasteiger charge is 2.57. The van der Waals surface area contributed by atoms with Gasteiger partial charge in [-0.05, 0) is 66.0 Å². The molecule has 0 radical (unpaired) electrons. The molecular formula is C24H23BrF3NO. The lowest BCUT2D eigenvalue weighted by atomic mass is 9.65. The highest BCUT2D eigenvalue weighted by molar-refractivity contribution is 9.10. The molecule has 158 valence electrons. The average Bonchev–Trinajstić information content (AvgIpc) is 2.67. The molecule has 1 aliphatic rings. The van der Waals surface area contributed by atoms with Crippen LogP contribution in [-0.2, 0) is 18.3 Å². The number of aryl methyl sites for hydroxylation is 1. The van der Waals surface area contributed by atoms with Gasteiger partial charge in [-0.15, -0.1) is 0 Å². The number of nitrogens with zero attached hydrogens (tertiary/aromatic N) is 1. The van der Waals surface area contributed by atoms with Gasteiger partial charge in [0.05, 0.1) is 5.52 Å². The quantitative estimate of drug-likeness (QED) is 0.464. The summed E-state index contributed by atoms with van der Waals surface area (Å²) in [6.07, 6.45) is -1.93. The Hall–Kier alpha value is -1.92. The molecule has 1 aliphatic carbocycles. The minimum absolute atomic E-state index is 0.393. The van der Waals surface area contributed by atoms with Crippen molar-refractivity contribution in [1.82, 2.24) is 4.98 Å². The van der Waals surface area contributed by atoms with Crippen molar-refractivity contribution in [2.75, 3.05) is 0 Å². The molecule has 0 saturated carbocycles. The number of benzene rings is 2. The number of hydrogen-bond acceptors (Lipinski definition) is 2. The molecule has 6 heteroatoms. The third-order valence-corrected chi connectivity index (χ3v) is 6.97. The Morgan fingerprint density at radius 1 is 1.10 bits per heavy atom. The van der Waals surface area contributed by atoms with Gasteiger partial charge in [0, 0.05) is 22.5 Å². The van der Waals surface area contributed by atoms with Gasteiger partial charge >= 0.3 is 6.18 Å². The van der Waals surface area contributed by atoms with Gasteiger partial charge in [0.2, 0.25) is 0 Å². The molecular weight excluding hydrogens is 455 g/mol. The standard InChI is InChI=1S/C24H23BrF3NO/c1-22(12-5-7-16-6-4-9-19(25)21(16)22)15-23(30,24(26,27)28)14-17-11-13-29-20-10-3-2-8-18(17)20/h2-4,6,8-11,13,30H,5,7,12,14-15H2,1H3. The van der Waals surface area contributed by atoms with Crippen LogP contribution >= 0.6 is 15.9 Å². The van der Waals surface area contributed by atoms with E-state index >= 15 is 0 Å². The summed E-state index contributed by atoms with van der Waals surface area (Å²) in [5.74, 6) is 0. The maximum Gasteiger partial charge on any atom is 0.417 e. The summed E-state index contributed by atoms with van der Waals surface area (Å²) in [6, 6.07) is 14.4. The van der Waals surface area contributed by atoms with Crippen LogP contribution < -0.4 is 0 Å². The number of alkyl halides is 3. The van der Waals surface area contributed by atoms with Crippen molar-refractivity contribution in [3.8, 4) is 0 Å². The molecule has 1 heterocycles. The van der Waals surface area contributed by atoms with Crippen molar-refractivity contribution in [3.63, 3.8) is 0 Å². The molecule has 0 fully saturated rings. The number of aliphatic hydroxyl groups is 1. The monoisotopic (exact) mass is 477 g/mol. The number of aromatic nitrogens is 1. The van der Waals surface area contributed by atoms with E-state index in [9.17, 15) is 18.3 Å². The van der Waals surface area contributed by atoms with Gasteiger partial charge in [0.25, 0.3) is 0 Å². The van der Waals surface area contributed by atoms with Crippen molar-refractivity contribution in [1.29, 1.82) is 0 Å². The van der Waals surface area contributed by atoms with Crippen LogP contribution in [0, 0.1) is 0 Å². The van der Waals surface area contributed by atoms with Gasteiger partial charge in [0.1, 0.15) is 0 Å². The molecule has 0 aliphatic heterocycles. The Labute approximate surface area is 182 Å². The summed E-state index contributed by atoms with van der Waals surface area (Å²) in [4.78, 5) is 4.24. The van der Waals surface area contributed by atoms with Crippen LogP contribution in [0.1, 0.15) is 42.9 Å². The molecule has 2 nitrogen and oxygen atoms in total. The van der Waals surface area contributed by atoms with Crippen molar-refractivity contribution in [2.45, 2.75) is 56.2 Å². The van der Waals surface area contributed by atoms with Gasteiger partial charge in [0.15, 0.2) is 5.60 Å². The minimum atomic E-state index is -4.76. The smallest absolute Gasteiger partial charge is 0.380 e. The normalized spacial score (nSPS) is 21.3. The Morgan fingerprint density at radius 3 is 2.63 bits per heavy atom. The summed E-state index contributed by atoms with van der Waals surface area (Å²) in [6.45, 7) is 1.84. The maximum atomic E-state index is 14.3. The molecule has 2 aromatic carbocycles. The van der Waals surface area contributed by atoms with Crippen LogP contribution in [0.25, 0.3) is 10.9 Å². The second-order valence-electron chi connectivity index (χ2n) is 8.56. The Balaban J connectivity index is 1.78. The van der Waals surface area contributed by atoms with Crippen LogP contribution in [-0.4, -0.2) is 21.9 Å². The molecule has 2 atom stereocenters. The molecule has 1 aromatic heterocycles. The molecule has 0 saturated heterocycles. The number of rotatable bonds is 4. The van der Waals surface area contributed by atoms with Gasteiger partial charge in [-0.3, -0.25) is 4.98 Å². The highest BCUT2D eigenvalue weighted by Crippen LogP contribution is 2.50. The summed E-state index contributed by atoms with van der Waals surface area (Å²) >= 11 is 3.54. The lowest BCUT2D eigenvalue weighted by Gasteiger charge is -2.43. The average molecular weight is 478 g/mol. The second kappa shape index (κ2) is 7.65. The third-order valence-electron chi connectivity index (χ3n) is 6.31. The molecule has 0 amide bonds. The van der Waals surface area contributed by atoms with Gasteiger partial charge < -0.3 is 5.11 Å². The molecule has 0 spiro atoms. The first-order chi connectivity index (χ1) is 14.1. The largest absolute Gasteiger partial charge is 0.417 e. The fourth-order valence-corrected chi connectivity index (χ4v) is 5.84. The fraction of sp³-hybridized carbons (Fsp3) is 0.375. The molecule has 3 aromatic rings.